The lowest BCUT2D eigenvalue weighted by atomic mass is 10.1. The summed E-state index contributed by atoms with van der Waals surface area (Å²) in [6.45, 7) is 2.00. The standard InChI is InChI=1S/C12H14ClN3O2/c13-10-7-9(11-14-5-6-15-11)2-1-8(10)3-4-16-12(17)18/h1-2,7,16H,3-6H2,(H,14,15)(H,17,18). The van der Waals surface area contributed by atoms with Gasteiger partial charge in [0.05, 0.1) is 6.54 Å². The summed E-state index contributed by atoms with van der Waals surface area (Å²) in [5.41, 5.74) is 1.89. The molecule has 2 rings (SSSR count). The van der Waals surface area contributed by atoms with Crippen LogP contribution in [0.15, 0.2) is 23.2 Å². The minimum absolute atomic E-state index is 0.355. The Morgan fingerprint density at radius 3 is 3.00 bits per heavy atom. The van der Waals surface area contributed by atoms with Crippen molar-refractivity contribution < 1.29 is 9.90 Å². The molecule has 0 spiro atoms. The first kappa shape index (κ1) is 12.7. The molecule has 0 aliphatic carbocycles. The third-order valence-electron chi connectivity index (χ3n) is 2.67. The lowest BCUT2D eigenvalue weighted by molar-refractivity contribution is 0.194. The van der Waals surface area contributed by atoms with Gasteiger partial charge in [-0.05, 0) is 18.1 Å². The molecule has 1 amide bonds. The van der Waals surface area contributed by atoms with E-state index >= 15 is 0 Å². The molecule has 1 aromatic rings. The normalized spacial score (nSPS) is 13.9. The van der Waals surface area contributed by atoms with Crippen LogP contribution >= 0.6 is 11.6 Å². The maximum absolute atomic E-state index is 10.3. The van der Waals surface area contributed by atoms with Crippen molar-refractivity contribution in [2.45, 2.75) is 6.42 Å². The highest BCUT2D eigenvalue weighted by molar-refractivity contribution is 6.31. The third-order valence-corrected chi connectivity index (χ3v) is 3.02. The van der Waals surface area contributed by atoms with Crippen LogP contribution in [0.3, 0.4) is 0 Å². The van der Waals surface area contributed by atoms with Gasteiger partial charge in [-0.1, -0.05) is 23.7 Å². The molecule has 6 heteroatoms. The molecule has 0 atom stereocenters. The van der Waals surface area contributed by atoms with Crippen LogP contribution in [-0.2, 0) is 6.42 Å². The first-order valence-electron chi connectivity index (χ1n) is 5.71. The van der Waals surface area contributed by atoms with Gasteiger partial charge in [-0.3, -0.25) is 4.99 Å². The van der Waals surface area contributed by atoms with Crippen LogP contribution in [0.1, 0.15) is 11.1 Å². The van der Waals surface area contributed by atoms with Crippen LogP contribution in [0.5, 0.6) is 0 Å². The lowest BCUT2D eigenvalue weighted by Gasteiger charge is -2.08. The topological polar surface area (TPSA) is 73.7 Å². The van der Waals surface area contributed by atoms with Gasteiger partial charge in [0.2, 0.25) is 0 Å². The number of amidine groups is 1. The molecule has 0 fully saturated rings. The lowest BCUT2D eigenvalue weighted by Crippen LogP contribution is -2.23. The van der Waals surface area contributed by atoms with Gasteiger partial charge in [-0.2, -0.15) is 0 Å². The Kier molecular flexibility index (Phi) is 4.04. The van der Waals surface area contributed by atoms with Crippen LogP contribution in [0.4, 0.5) is 4.79 Å². The zero-order valence-corrected chi connectivity index (χ0v) is 10.5. The number of carboxylic acid groups (broad SMARTS) is 1. The van der Waals surface area contributed by atoms with E-state index in [0.717, 1.165) is 30.1 Å². The molecule has 1 aliphatic rings. The summed E-state index contributed by atoms with van der Waals surface area (Å²) in [7, 11) is 0. The van der Waals surface area contributed by atoms with Crippen LogP contribution in [0, 0.1) is 0 Å². The van der Waals surface area contributed by atoms with Crippen molar-refractivity contribution in [3.8, 4) is 0 Å². The minimum atomic E-state index is -1.02. The fraction of sp³-hybridized carbons (Fsp3) is 0.333. The summed E-state index contributed by atoms with van der Waals surface area (Å²) in [5.74, 6) is 0.868. The van der Waals surface area contributed by atoms with Crippen LogP contribution in [-0.4, -0.2) is 36.7 Å². The number of nitrogens with zero attached hydrogens (tertiary/aromatic N) is 1. The number of hydrogen-bond acceptors (Lipinski definition) is 3. The molecule has 18 heavy (non-hydrogen) atoms. The molecule has 0 saturated heterocycles. The van der Waals surface area contributed by atoms with Gasteiger partial charge in [0, 0.05) is 23.7 Å². The van der Waals surface area contributed by atoms with Crippen LogP contribution in [0.25, 0.3) is 0 Å². The molecule has 1 aliphatic heterocycles. The van der Waals surface area contributed by atoms with Gasteiger partial charge in [0.15, 0.2) is 0 Å². The Labute approximate surface area is 110 Å². The van der Waals surface area contributed by atoms with E-state index in [0.29, 0.717) is 18.0 Å². The molecule has 3 N–H and O–H groups in total. The molecule has 0 aromatic heterocycles. The van der Waals surface area contributed by atoms with E-state index in [2.05, 4.69) is 15.6 Å². The second-order valence-electron chi connectivity index (χ2n) is 3.95. The molecule has 1 aromatic carbocycles. The summed E-state index contributed by atoms with van der Waals surface area (Å²) >= 11 is 6.17. The predicted octanol–water partition coefficient (Wildman–Crippen LogP) is 1.50. The highest BCUT2D eigenvalue weighted by Crippen LogP contribution is 2.19. The van der Waals surface area contributed by atoms with E-state index in [4.69, 9.17) is 16.7 Å². The van der Waals surface area contributed by atoms with Gasteiger partial charge in [0.1, 0.15) is 5.84 Å². The Morgan fingerprint density at radius 1 is 1.56 bits per heavy atom. The number of aliphatic imine (C=N–C) groups is 1. The van der Waals surface area contributed by atoms with Gasteiger partial charge < -0.3 is 15.7 Å². The van der Waals surface area contributed by atoms with Crippen molar-refractivity contribution in [1.82, 2.24) is 10.6 Å². The Hall–Kier alpha value is -1.75. The number of nitrogens with one attached hydrogen (secondary N) is 2. The number of halogens is 1. The number of amides is 1. The molecule has 1 heterocycles. The fourth-order valence-corrected chi connectivity index (χ4v) is 2.07. The van der Waals surface area contributed by atoms with Crippen molar-refractivity contribution >= 4 is 23.5 Å². The van der Waals surface area contributed by atoms with Crippen LogP contribution in [0.2, 0.25) is 5.02 Å². The molecule has 0 radical (unpaired) electrons. The Morgan fingerprint density at radius 2 is 2.39 bits per heavy atom. The summed E-state index contributed by atoms with van der Waals surface area (Å²) < 4.78 is 0. The van der Waals surface area contributed by atoms with E-state index in [9.17, 15) is 4.79 Å². The largest absolute Gasteiger partial charge is 0.465 e. The van der Waals surface area contributed by atoms with E-state index < -0.39 is 6.09 Å². The molecule has 5 nitrogen and oxygen atoms in total. The van der Waals surface area contributed by atoms with E-state index in [-0.39, 0.29) is 0 Å². The molecular formula is C12H14ClN3O2. The maximum Gasteiger partial charge on any atom is 0.404 e. The highest BCUT2D eigenvalue weighted by atomic mass is 35.5. The summed E-state index contributed by atoms with van der Waals surface area (Å²) in [6, 6.07) is 5.71. The number of hydrogen-bond donors (Lipinski definition) is 3. The van der Waals surface area contributed by atoms with Crippen molar-refractivity contribution in [3.05, 3.63) is 34.3 Å². The van der Waals surface area contributed by atoms with E-state index in [1.165, 1.54) is 0 Å². The van der Waals surface area contributed by atoms with Crippen molar-refractivity contribution in [1.29, 1.82) is 0 Å². The molecule has 96 valence electrons. The van der Waals surface area contributed by atoms with Gasteiger partial charge in [-0.25, -0.2) is 4.79 Å². The molecular weight excluding hydrogens is 254 g/mol. The maximum atomic E-state index is 10.3. The quantitative estimate of drug-likeness (QED) is 0.774. The summed E-state index contributed by atoms with van der Waals surface area (Å²) in [4.78, 5) is 14.7. The summed E-state index contributed by atoms with van der Waals surface area (Å²) in [6.07, 6.45) is -0.446. The summed E-state index contributed by atoms with van der Waals surface area (Å²) in [5, 5.41) is 14.6. The molecule has 0 saturated carbocycles. The number of benzene rings is 1. The second kappa shape index (κ2) is 5.73. The Bertz CT molecular complexity index is 488. The minimum Gasteiger partial charge on any atom is -0.465 e. The van der Waals surface area contributed by atoms with Crippen LogP contribution < -0.4 is 10.6 Å². The fourth-order valence-electron chi connectivity index (χ4n) is 1.79. The van der Waals surface area contributed by atoms with Crippen molar-refractivity contribution in [2.75, 3.05) is 19.6 Å². The van der Waals surface area contributed by atoms with Crippen molar-refractivity contribution in [2.24, 2.45) is 4.99 Å². The predicted molar refractivity (Wildman–Crippen MR) is 70.6 cm³/mol. The second-order valence-corrected chi connectivity index (χ2v) is 4.35. The number of rotatable bonds is 4. The molecule has 0 unspecified atom stereocenters. The van der Waals surface area contributed by atoms with Crippen molar-refractivity contribution in [3.63, 3.8) is 0 Å². The van der Waals surface area contributed by atoms with Gasteiger partial charge in [0.25, 0.3) is 0 Å². The van der Waals surface area contributed by atoms with E-state index in [1.807, 2.05) is 18.2 Å². The first-order chi connectivity index (χ1) is 8.66. The zero-order valence-electron chi connectivity index (χ0n) is 9.74. The smallest absolute Gasteiger partial charge is 0.404 e. The average molecular weight is 268 g/mol. The number of carbonyl (C=O) groups is 1. The monoisotopic (exact) mass is 267 g/mol. The third kappa shape index (κ3) is 3.13. The molecule has 0 bridgehead atoms. The van der Waals surface area contributed by atoms with Gasteiger partial charge >= 0.3 is 6.09 Å². The highest BCUT2D eigenvalue weighted by Gasteiger charge is 2.10. The average Bonchev–Trinajstić information content (AvgIpc) is 2.84. The van der Waals surface area contributed by atoms with Gasteiger partial charge in [-0.15, -0.1) is 0 Å². The SMILES string of the molecule is O=C(O)NCCc1ccc(C2=NCCN2)cc1Cl. The Balaban J connectivity index is 2.03. The first-order valence-corrected chi connectivity index (χ1v) is 6.08. The zero-order chi connectivity index (χ0) is 13.0. The van der Waals surface area contributed by atoms with E-state index in [1.54, 1.807) is 0 Å².